The van der Waals surface area contributed by atoms with Gasteiger partial charge in [-0.25, -0.2) is 8.42 Å². The summed E-state index contributed by atoms with van der Waals surface area (Å²) in [6, 6.07) is 13.9. The minimum atomic E-state index is -3.74. The molecule has 3 N–H and O–H groups in total. The summed E-state index contributed by atoms with van der Waals surface area (Å²) in [6.07, 6.45) is 5.23. The summed E-state index contributed by atoms with van der Waals surface area (Å²) in [5.41, 5.74) is 6.74. The van der Waals surface area contributed by atoms with Gasteiger partial charge in [-0.05, 0) is 61.4 Å². The van der Waals surface area contributed by atoms with Gasteiger partial charge in [0.1, 0.15) is 5.75 Å². The van der Waals surface area contributed by atoms with Crippen LogP contribution in [0.15, 0.2) is 59.6 Å². The number of benzene rings is 2. The Morgan fingerprint density at radius 3 is 2.47 bits per heavy atom. The van der Waals surface area contributed by atoms with Crippen LogP contribution in [0.1, 0.15) is 32.1 Å². The molecule has 0 bridgehead atoms. The zero-order chi connectivity index (χ0) is 21.6. The van der Waals surface area contributed by atoms with Crippen LogP contribution in [0.3, 0.4) is 0 Å². The lowest BCUT2D eigenvalue weighted by molar-refractivity contribution is -0.118. The molecule has 3 aromatic rings. The second-order valence-corrected chi connectivity index (χ2v) is 8.99. The summed E-state index contributed by atoms with van der Waals surface area (Å²) >= 11 is 0. The minimum Gasteiger partial charge on any atom is -0.497 e. The van der Waals surface area contributed by atoms with Crippen molar-refractivity contribution in [1.82, 2.24) is 4.98 Å². The molecule has 0 fully saturated rings. The van der Waals surface area contributed by atoms with E-state index >= 15 is 0 Å². The molecule has 30 heavy (non-hydrogen) atoms. The number of unbranched alkanes of at least 4 members (excludes halogenated alkanes) is 3. The number of nitrogens with two attached hydrogens (primary N) is 1. The number of rotatable bonds is 11. The van der Waals surface area contributed by atoms with Gasteiger partial charge < -0.3 is 15.5 Å². The number of primary amides is 1. The highest BCUT2D eigenvalue weighted by atomic mass is 32.2. The van der Waals surface area contributed by atoms with E-state index in [1.165, 1.54) is 4.31 Å². The molecule has 0 saturated heterocycles. The lowest BCUT2D eigenvalue weighted by Gasteiger charge is -2.25. The highest BCUT2D eigenvalue weighted by Crippen LogP contribution is 2.28. The van der Waals surface area contributed by atoms with Crippen LogP contribution in [-0.2, 0) is 14.8 Å². The molecule has 1 aromatic heterocycles. The number of anilines is 1. The Morgan fingerprint density at radius 2 is 1.77 bits per heavy atom. The number of carbonyl (C=O) groups excluding carboxylic acids is 1. The number of nitrogens with zero attached hydrogens (tertiary/aromatic N) is 1. The predicted octanol–water partition coefficient (Wildman–Crippen LogP) is 3.81. The van der Waals surface area contributed by atoms with Crippen molar-refractivity contribution in [3.8, 4) is 5.75 Å². The average Bonchev–Trinajstić information content (AvgIpc) is 3.20. The minimum absolute atomic E-state index is 0.214. The first kappa shape index (κ1) is 21.7. The van der Waals surface area contributed by atoms with E-state index in [-0.39, 0.29) is 10.8 Å². The van der Waals surface area contributed by atoms with Crippen LogP contribution in [0.5, 0.6) is 5.75 Å². The molecule has 1 heterocycles. The molecule has 0 aliphatic carbocycles. The van der Waals surface area contributed by atoms with Crippen LogP contribution in [-0.4, -0.2) is 33.0 Å². The highest BCUT2D eigenvalue weighted by molar-refractivity contribution is 7.92. The number of methoxy groups -OCH3 is 1. The van der Waals surface area contributed by atoms with Crippen molar-refractivity contribution in [2.24, 2.45) is 5.73 Å². The van der Waals surface area contributed by atoms with Gasteiger partial charge in [0.15, 0.2) is 0 Å². The van der Waals surface area contributed by atoms with Gasteiger partial charge >= 0.3 is 0 Å². The van der Waals surface area contributed by atoms with E-state index in [9.17, 15) is 13.2 Å². The Balaban J connectivity index is 1.83. The maximum absolute atomic E-state index is 13.4. The first-order valence-corrected chi connectivity index (χ1v) is 11.4. The molecule has 0 spiro atoms. The number of amides is 1. The van der Waals surface area contributed by atoms with Crippen molar-refractivity contribution in [2.75, 3.05) is 18.0 Å². The number of aromatic nitrogens is 1. The van der Waals surface area contributed by atoms with Crippen LogP contribution in [0, 0.1) is 0 Å². The second kappa shape index (κ2) is 9.67. The van der Waals surface area contributed by atoms with E-state index < -0.39 is 10.0 Å². The van der Waals surface area contributed by atoms with Crippen molar-refractivity contribution >= 4 is 32.5 Å². The van der Waals surface area contributed by atoms with Gasteiger partial charge in [0.05, 0.1) is 17.7 Å². The lowest BCUT2D eigenvalue weighted by Crippen LogP contribution is -2.32. The summed E-state index contributed by atoms with van der Waals surface area (Å²) in [7, 11) is -2.20. The molecule has 8 heteroatoms. The fourth-order valence-electron chi connectivity index (χ4n) is 3.37. The Bertz CT molecular complexity index is 1090. The van der Waals surface area contributed by atoms with Gasteiger partial charge in [0, 0.05) is 30.1 Å². The quantitative estimate of drug-likeness (QED) is 0.452. The van der Waals surface area contributed by atoms with Gasteiger partial charge in [0.2, 0.25) is 5.91 Å². The summed E-state index contributed by atoms with van der Waals surface area (Å²) in [4.78, 5) is 14.2. The zero-order valence-corrected chi connectivity index (χ0v) is 17.8. The van der Waals surface area contributed by atoms with Crippen molar-refractivity contribution in [2.45, 2.75) is 37.0 Å². The third-order valence-corrected chi connectivity index (χ3v) is 6.85. The summed E-state index contributed by atoms with van der Waals surface area (Å²) < 4.78 is 33.5. The molecular formula is C22H27N3O4S. The topological polar surface area (TPSA) is 105 Å². The number of ether oxygens (including phenoxy) is 1. The Hall–Kier alpha value is -3.00. The van der Waals surface area contributed by atoms with E-state index in [1.54, 1.807) is 31.4 Å². The maximum atomic E-state index is 13.4. The molecule has 3 rings (SSSR count). The van der Waals surface area contributed by atoms with Gasteiger partial charge in [-0.3, -0.25) is 9.10 Å². The Labute approximate surface area is 176 Å². The van der Waals surface area contributed by atoms with Crippen molar-refractivity contribution in [3.05, 3.63) is 54.7 Å². The fraction of sp³-hybridized carbons (Fsp3) is 0.318. The number of aromatic amines is 1. The molecule has 0 radical (unpaired) electrons. The summed E-state index contributed by atoms with van der Waals surface area (Å²) in [5.74, 6) is 0.294. The summed E-state index contributed by atoms with van der Waals surface area (Å²) in [5, 5.41) is 0.948. The smallest absolute Gasteiger partial charge is 0.264 e. The van der Waals surface area contributed by atoms with Crippen molar-refractivity contribution in [1.29, 1.82) is 0 Å². The predicted molar refractivity (Wildman–Crippen MR) is 118 cm³/mol. The first-order valence-electron chi connectivity index (χ1n) is 9.94. The van der Waals surface area contributed by atoms with E-state index in [0.717, 1.165) is 30.2 Å². The largest absolute Gasteiger partial charge is 0.497 e. The van der Waals surface area contributed by atoms with E-state index in [4.69, 9.17) is 10.5 Å². The maximum Gasteiger partial charge on any atom is 0.264 e. The van der Waals surface area contributed by atoms with Crippen molar-refractivity contribution < 1.29 is 17.9 Å². The zero-order valence-electron chi connectivity index (χ0n) is 17.0. The lowest BCUT2D eigenvalue weighted by atomic mass is 10.1. The normalized spacial score (nSPS) is 11.5. The van der Waals surface area contributed by atoms with Crippen LogP contribution < -0.4 is 14.8 Å². The number of hydrogen-bond donors (Lipinski definition) is 2. The summed E-state index contributed by atoms with van der Waals surface area (Å²) in [6.45, 7) is 0.348. The number of fused-ring (bicyclic) bond motifs is 1. The number of carbonyl (C=O) groups is 1. The SMILES string of the molecule is COc1ccc(S(=O)(=O)N(CCCCCCC(N)=O)c2ccc3[nH]ccc3c2)cc1. The molecule has 0 saturated carbocycles. The average molecular weight is 430 g/mol. The monoisotopic (exact) mass is 429 g/mol. The number of H-pyrrole nitrogens is 1. The standard InChI is InChI=1S/C22H27N3O4S/c1-29-19-8-10-20(11-9-19)30(27,28)25(15-5-3-2-4-6-22(23)26)18-7-12-21-17(16-18)13-14-24-21/h7-14,16,24H,2-6,15H2,1H3,(H2,23,26). The van der Waals surface area contributed by atoms with Gasteiger partial charge in [0.25, 0.3) is 10.0 Å². The molecule has 7 nitrogen and oxygen atoms in total. The van der Waals surface area contributed by atoms with E-state index in [2.05, 4.69) is 4.98 Å². The Kier molecular flexibility index (Phi) is 6.99. The molecule has 1 amide bonds. The third-order valence-electron chi connectivity index (χ3n) is 5.01. The first-order chi connectivity index (χ1) is 14.4. The molecule has 0 atom stereocenters. The van der Waals surface area contributed by atoms with E-state index in [0.29, 0.717) is 30.8 Å². The van der Waals surface area contributed by atoms with Crippen molar-refractivity contribution in [3.63, 3.8) is 0 Å². The Morgan fingerprint density at radius 1 is 1.03 bits per heavy atom. The molecule has 0 aliphatic rings. The number of sulfonamides is 1. The fourth-order valence-corrected chi connectivity index (χ4v) is 4.86. The third kappa shape index (κ3) is 5.13. The van der Waals surface area contributed by atoms with Crippen LogP contribution >= 0.6 is 0 Å². The van der Waals surface area contributed by atoms with Crippen LogP contribution in [0.4, 0.5) is 5.69 Å². The van der Waals surface area contributed by atoms with Gasteiger partial charge in [-0.1, -0.05) is 12.8 Å². The molecular weight excluding hydrogens is 402 g/mol. The van der Waals surface area contributed by atoms with Gasteiger partial charge in [-0.15, -0.1) is 0 Å². The molecule has 0 unspecified atom stereocenters. The van der Waals surface area contributed by atoms with Gasteiger partial charge in [-0.2, -0.15) is 0 Å². The highest BCUT2D eigenvalue weighted by Gasteiger charge is 2.25. The molecule has 0 aliphatic heterocycles. The molecule has 160 valence electrons. The second-order valence-electron chi connectivity index (χ2n) is 7.13. The number of nitrogens with one attached hydrogen (secondary N) is 1. The molecule has 2 aromatic carbocycles. The van der Waals surface area contributed by atoms with Crippen LogP contribution in [0.25, 0.3) is 10.9 Å². The van der Waals surface area contributed by atoms with Crippen LogP contribution in [0.2, 0.25) is 0 Å². The number of hydrogen-bond acceptors (Lipinski definition) is 4. The van der Waals surface area contributed by atoms with E-state index in [1.807, 2.05) is 30.5 Å².